The van der Waals surface area contributed by atoms with Crippen LogP contribution in [0.2, 0.25) is 0 Å². The lowest BCUT2D eigenvalue weighted by Crippen LogP contribution is -2.32. The van der Waals surface area contributed by atoms with E-state index >= 15 is 0 Å². The third-order valence-corrected chi connectivity index (χ3v) is 4.02. The SMILES string of the molecule is Cn1c(=O)n(CC(=O)NCc2cccs2)c2cncnc21. The Hall–Kier alpha value is -2.48. The molecule has 8 heteroatoms. The highest BCUT2D eigenvalue weighted by atomic mass is 32.1. The van der Waals surface area contributed by atoms with E-state index < -0.39 is 0 Å². The van der Waals surface area contributed by atoms with Crippen molar-refractivity contribution < 1.29 is 4.79 Å². The number of carbonyl (C=O) groups is 1. The third kappa shape index (κ3) is 2.57. The van der Waals surface area contributed by atoms with Crippen LogP contribution in [-0.4, -0.2) is 25.0 Å². The molecule has 1 N–H and O–H groups in total. The number of aryl methyl sites for hydroxylation is 1. The largest absolute Gasteiger partial charge is 0.350 e. The van der Waals surface area contributed by atoms with Gasteiger partial charge in [-0.05, 0) is 11.4 Å². The number of rotatable bonds is 4. The number of nitrogens with one attached hydrogen (secondary N) is 1. The van der Waals surface area contributed by atoms with Crippen molar-refractivity contribution in [3.05, 3.63) is 45.4 Å². The summed E-state index contributed by atoms with van der Waals surface area (Å²) in [6.07, 6.45) is 2.92. The fourth-order valence-corrected chi connectivity index (χ4v) is 2.74. The molecule has 0 saturated carbocycles. The number of hydrogen-bond acceptors (Lipinski definition) is 5. The van der Waals surface area contributed by atoms with Crippen LogP contribution in [0.4, 0.5) is 0 Å². The predicted molar refractivity (Wildman–Crippen MR) is 78.9 cm³/mol. The molecule has 0 atom stereocenters. The molecular formula is C13H13N5O2S. The second-order valence-electron chi connectivity index (χ2n) is 4.52. The molecule has 1 amide bonds. The molecule has 0 bridgehead atoms. The lowest BCUT2D eigenvalue weighted by atomic mass is 10.4. The fourth-order valence-electron chi connectivity index (χ4n) is 2.09. The summed E-state index contributed by atoms with van der Waals surface area (Å²) in [6, 6.07) is 3.88. The Balaban J connectivity index is 1.80. The molecule has 0 aliphatic heterocycles. The molecule has 0 unspecified atom stereocenters. The van der Waals surface area contributed by atoms with Crippen LogP contribution in [0.3, 0.4) is 0 Å². The van der Waals surface area contributed by atoms with Crippen LogP contribution in [-0.2, 0) is 24.9 Å². The molecule has 3 aromatic heterocycles. The quantitative estimate of drug-likeness (QED) is 0.761. The van der Waals surface area contributed by atoms with E-state index in [-0.39, 0.29) is 18.1 Å². The van der Waals surface area contributed by atoms with Crippen LogP contribution in [0.15, 0.2) is 34.8 Å². The van der Waals surface area contributed by atoms with Crippen molar-refractivity contribution in [2.75, 3.05) is 0 Å². The van der Waals surface area contributed by atoms with Crippen molar-refractivity contribution in [2.24, 2.45) is 7.05 Å². The van der Waals surface area contributed by atoms with E-state index in [1.807, 2.05) is 17.5 Å². The van der Waals surface area contributed by atoms with Gasteiger partial charge in [0, 0.05) is 11.9 Å². The second kappa shape index (κ2) is 5.49. The maximum atomic E-state index is 12.1. The Kier molecular flexibility index (Phi) is 3.53. The molecule has 0 aliphatic carbocycles. The van der Waals surface area contributed by atoms with E-state index in [9.17, 15) is 9.59 Å². The molecule has 3 rings (SSSR count). The first-order valence-electron chi connectivity index (χ1n) is 6.31. The Morgan fingerprint density at radius 3 is 3.10 bits per heavy atom. The highest BCUT2D eigenvalue weighted by Crippen LogP contribution is 2.08. The summed E-state index contributed by atoms with van der Waals surface area (Å²) in [7, 11) is 1.62. The van der Waals surface area contributed by atoms with Crippen molar-refractivity contribution in [3.8, 4) is 0 Å². The first-order chi connectivity index (χ1) is 10.2. The highest BCUT2D eigenvalue weighted by Gasteiger charge is 2.14. The van der Waals surface area contributed by atoms with Gasteiger partial charge >= 0.3 is 5.69 Å². The zero-order valence-electron chi connectivity index (χ0n) is 11.3. The van der Waals surface area contributed by atoms with Crippen molar-refractivity contribution in [3.63, 3.8) is 0 Å². The molecule has 21 heavy (non-hydrogen) atoms. The van der Waals surface area contributed by atoms with E-state index in [1.165, 1.54) is 21.7 Å². The van der Waals surface area contributed by atoms with Crippen LogP contribution in [0.5, 0.6) is 0 Å². The van der Waals surface area contributed by atoms with E-state index in [4.69, 9.17) is 0 Å². The number of carbonyl (C=O) groups excluding carboxylic acids is 1. The first-order valence-corrected chi connectivity index (χ1v) is 7.19. The Bertz CT molecular complexity index is 834. The predicted octanol–water partition coefficient (Wildman–Crippen LogP) is 0.508. The average Bonchev–Trinajstić information content (AvgIpc) is 3.09. The molecule has 0 saturated heterocycles. The first kappa shape index (κ1) is 13.5. The smallest absolute Gasteiger partial charge is 0.330 e. The molecule has 0 aliphatic rings. The molecule has 108 valence electrons. The minimum Gasteiger partial charge on any atom is -0.350 e. The van der Waals surface area contributed by atoms with Crippen LogP contribution < -0.4 is 11.0 Å². The van der Waals surface area contributed by atoms with Gasteiger partial charge in [0.05, 0.1) is 12.7 Å². The van der Waals surface area contributed by atoms with Gasteiger partial charge in [0.1, 0.15) is 18.4 Å². The maximum absolute atomic E-state index is 12.1. The fraction of sp³-hybridized carbons (Fsp3) is 0.231. The van der Waals surface area contributed by atoms with Crippen molar-refractivity contribution in [1.29, 1.82) is 0 Å². The Morgan fingerprint density at radius 1 is 1.48 bits per heavy atom. The molecule has 0 spiro atoms. The second-order valence-corrected chi connectivity index (χ2v) is 5.55. The summed E-state index contributed by atoms with van der Waals surface area (Å²) < 4.78 is 2.78. The van der Waals surface area contributed by atoms with Gasteiger partial charge < -0.3 is 5.32 Å². The summed E-state index contributed by atoms with van der Waals surface area (Å²) in [6.45, 7) is 0.418. The van der Waals surface area contributed by atoms with Gasteiger partial charge in [-0.25, -0.2) is 14.8 Å². The summed E-state index contributed by atoms with van der Waals surface area (Å²) in [5, 5.41) is 4.75. The summed E-state index contributed by atoms with van der Waals surface area (Å²) in [5.41, 5.74) is 0.786. The van der Waals surface area contributed by atoms with Crippen molar-refractivity contribution in [1.82, 2.24) is 24.4 Å². The number of hydrogen-bond donors (Lipinski definition) is 1. The highest BCUT2D eigenvalue weighted by molar-refractivity contribution is 7.09. The number of nitrogens with zero attached hydrogens (tertiary/aromatic N) is 4. The molecule has 3 heterocycles. The minimum atomic E-state index is -0.281. The summed E-state index contributed by atoms with van der Waals surface area (Å²) in [4.78, 5) is 33.2. The number of amides is 1. The molecule has 0 radical (unpaired) electrons. The molecule has 0 fully saturated rings. The van der Waals surface area contributed by atoms with Gasteiger partial charge in [-0.2, -0.15) is 0 Å². The van der Waals surface area contributed by atoms with Gasteiger partial charge in [-0.1, -0.05) is 6.07 Å². The van der Waals surface area contributed by atoms with E-state index in [0.717, 1.165) is 4.88 Å². The summed E-state index contributed by atoms with van der Waals surface area (Å²) >= 11 is 1.57. The number of fused-ring (bicyclic) bond motifs is 1. The minimum absolute atomic E-state index is 0.0467. The van der Waals surface area contributed by atoms with Crippen LogP contribution >= 0.6 is 11.3 Å². The van der Waals surface area contributed by atoms with E-state index in [0.29, 0.717) is 17.7 Å². The van der Waals surface area contributed by atoms with Crippen LogP contribution in [0, 0.1) is 0 Å². The topological polar surface area (TPSA) is 81.8 Å². The Morgan fingerprint density at radius 2 is 2.33 bits per heavy atom. The zero-order chi connectivity index (χ0) is 14.8. The van der Waals surface area contributed by atoms with Gasteiger partial charge in [0.2, 0.25) is 5.91 Å². The molecular weight excluding hydrogens is 290 g/mol. The van der Waals surface area contributed by atoms with E-state index in [1.54, 1.807) is 18.4 Å². The van der Waals surface area contributed by atoms with E-state index in [2.05, 4.69) is 15.3 Å². The molecule has 3 aromatic rings. The van der Waals surface area contributed by atoms with Crippen LogP contribution in [0.25, 0.3) is 11.2 Å². The standard InChI is InChI=1S/C13H13N5O2S/c1-17-12-10(6-14-8-16-12)18(13(17)20)7-11(19)15-5-9-3-2-4-21-9/h2-4,6,8H,5,7H2,1H3,(H,15,19). The lowest BCUT2D eigenvalue weighted by Gasteiger charge is -2.04. The average molecular weight is 303 g/mol. The Labute approximate surface area is 123 Å². The normalized spacial score (nSPS) is 10.9. The molecule has 7 nitrogen and oxygen atoms in total. The number of imidazole rings is 1. The van der Waals surface area contributed by atoms with Crippen molar-refractivity contribution >= 4 is 28.4 Å². The number of thiophene rings is 1. The van der Waals surface area contributed by atoms with Gasteiger partial charge in [0.15, 0.2) is 5.65 Å². The van der Waals surface area contributed by atoms with Crippen molar-refractivity contribution in [2.45, 2.75) is 13.1 Å². The monoisotopic (exact) mass is 303 g/mol. The lowest BCUT2D eigenvalue weighted by molar-refractivity contribution is -0.121. The van der Waals surface area contributed by atoms with Crippen LogP contribution in [0.1, 0.15) is 4.88 Å². The third-order valence-electron chi connectivity index (χ3n) is 3.14. The van der Waals surface area contributed by atoms with Gasteiger partial charge in [-0.3, -0.25) is 13.9 Å². The zero-order valence-corrected chi connectivity index (χ0v) is 12.1. The maximum Gasteiger partial charge on any atom is 0.330 e. The molecule has 0 aromatic carbocycles. The summed E-state index contributed by atoms with van der Waals surface area (Å²) in [5.74, 6) is -0.221. The van der Waals surface area contributed by atoms with Gasteiger partial charge in [0.25, 0.3) is 0 Å². The number of aromatic nitrogens is 4. The van der Waals surface area contributed by atoms with Gasteiger partial charge in [-0.15, -0.1) is 11.3 Å².